The Morgan fingerprint density at radius 3 is 3.06 bits per heavy atom. The van der Waals surface area contributed by atoms with E-state index >= 15 is 0 Å². The first kappa shape index (κ1) is 11.4. The van der Waals surface area contributed by atoms with Gasteiger partial charge in [-0.05, 0) is 18.9 Å². The van der Waals surface area contributed by atoms with Crippen LogP contribution in [-0.2, 0) is 13.0 Å². The van der Waals surface area contributed by atoms with E-state index in [0.29, 0.717) is 27.2 Å². The molecule has 0 saturated carbocycles. The molecule has 1 aliphatic heterocycles. The van der Waals surface area contributed by atoms with Crippen LogP contribution in [0.1, 0.15) is 27.5 Å². The molecule has 3 heterocycles. The second kappa shape index (κ2) is 3.89. The summed E-state index contributed by atoms with van der Waals surface area (Å²) in [7, 11) is 0. The van der Waals surface area contributed by atoms with Gasteiger partial charge in [0.05, 0.1) is 10.3 Å². The number of hydrogen-bond acceptors (Lipinski definition) is 5. The molecule has 94 valence electrons. The number of nitrogens with one attached hydrogen (secondary N) is 1. The van der Waals surface area contributed by atoms with Crippen molar-refractivity contribution in [3.8, 4) is 0 Å². The van der Waals surface area contributed by atoms with E-state index in [-0.39, 0.29) is 11.5 Å². The SMILES string of the molecule is Cc1c(C(=O)NN)sc2nc3n(c(=O)c12)CCC3. The maximum absolute atomic E-state index is 12.3. The number of nitrogen functional groups attached to an aromatic ring is 1. The van der Waals surface area contributed by atoms with Crippen molar-refractivity contribution >= 4 is 27.5 Å². The Hall–Kier alpha value is -1.73. The highest BCUT2D eigenvalue weighted by molar-refractivity contribution is 7.20. The van der Waals surface area contributed by atoms with Gasteiger partial charge in [0.15, 0.2) is 0 Å². The van der Waals surface area contributed by atoms with E-state index in [0.717, 1.165) is 18.7 Å². The number of rotatable bonds is 1. The van der Waals surface area contributed by atoms with Crippen molar-refractivity contribution in [1.29, 1.82) is 0 Å². The Morgan fingerprint density at radius 2 is 2.33 bits per heavy atom. The lowest BCUT2D eigenvalue weighted by Crippen LogP contribution is -2.29. The van der Waals surface area contributed by atoms with Crippen molar-refractivity contribution in [1.82, 2.24) is 15.0 Å². The molecule has 2 aromatic heterocycles. The van der Waals surface area contributed by atoms with Gasteiger partial charge in [0, 0.05) is 13.0 Å². The number of aryl methyl sites for hydroxylation is 2. The molecule has 0 spiro atoms. The summed E-state index contributed by atoms with van der Waals surface area (Å²) >= 11 is 1.22. The van der Waals surface area contributed by atoms with E-state index in [4.69, 9.17) is 5.84 Å². The third kappa shape index (κ3) is 1.41. The zero-order valence-electron chi connectivity index (χ0n) is 9.82. The third-order valence-electron chi connectivity index (χ3n) is 3.25. The van der Waals surface area contributed by atoms with E-state index in [9.17, 15) is 9.59 Å². The van der Waals surface area contributed by atoms with Crippen LogP contribution in [0.25, 0.3) is 10.2 Å². The quantitative estimate of drug-likeness (QED) is 0.441. The molecule has 0 fully saturated rings. The Kier molecular flexibility index (Phi) is 2.46. The number of hydrazine groups is 1. The average Bonchev–Trinajstić information content (AvgIpc) is 2.94. The van der Waals surface area contributed by atoms with Gasteiger partial charge in [0.2, 0.25) is 0 Å². The highest BCUT2D eigenvalue weighted by Gasteiger charge is 2.22. The maximum atomic E-state index is 12.3. The van der Waals surface area contributed by atoms with Gasteiger partial charge in [-0.25, -0.2) is 10.8 Å². The summed E-state index contributed by atoms with van der Waals surface area (Å²) in [6.45, 7) is 2.47. The Labute approximate surface area is 106 Å². The van der Waals surface area contributed by atoms with Gasteiger partial charge < -0.3 is 0 Å². The summed E-state index contributed by atoms with van der Waals surface area (Å²) in [6.07, 6.45) is 1.77. The number of amides is 1. The smallest absolute Gasteiger partial charge is 0.275 e. The molecule has 0 radical (unpaired) electrons. The van der Waals surface area contributed by atoms with Crippen molar-refractivity contribution in [3.05, 3.63) is 26.6 Å². The molecule has 3 rings (SSSR count). The number of carbonyl (C=O) groups excluding carboxylic acids is 1. The van der Waals surface area contributed by atoms with Crippen LogP contribution in [0.2, 0.25) is 0 Å². The van der Waals surface area contributed by atoms with Gasteiger partial charge in [-0.2, -0.15) is 0 Å². The van der Waals surface area contributed by atoms with Crippen LogP contribution >= 0.6 is 11.3 Å². The Balaban J connectivity index is 2.36. The molecule has 6 nitrogen and oxygen atoms in total. The van der Waals surface area contributed by atoms with E-state index in [1.54, 1.807) is 11.5 Å². The minimum atomic E-state index is -0.375. The van der Waals surface area contributed by atoms with Crippen LogP contribution in [0.3, 0.4) is 0 Å². The number of hydrogen-bond donors (Lipinski definition) is 2. The van der Waals surface area contributed by atoms with E-state index in [2.05, 4.69) is 10.4 Å². The number of thiophene rings is 1. The third-order valence-corrected chi connectivity index (χ3v) is 4.43. The molecule has 7 heteroatoms. The summed E-state index contributed by atoms with van der Waals surface area (Å²) in [4.78, 5) is 29.5. The number of nitrogens with zero attached hydrogens (tertiary/aromatic N) is 2. The van der Waals surface area contributed by atoms with Crippen molar-refractivity contribution < 1.29 is 4.79 Å². The lowest BCUT2D eigenvalue weighted by molar-refractivity contribution is 0.0957. The molecule has 0 aliphatic carbocycles. The summed E-state index contributed by atoms with van der Waals surface area (Å²) in [5, 5.41) is 0.546. The molecule has 1 amide bonds. The molecule has 2 aromatic rings. The Bertz CT molecular complexity index is 716. The lowest BCUT2D eigenvalue weighted by atomic mass is 10.2. The zero-order chi connectivity index (χ0) is 12.9. The number of fused-ring (bicyclic) bond motifs is 2. The molecular formula is C11H12N4O2S. The van der Waals surface area contributed by atoms with Gasteiger partial charge in [-0.15, -0.1) is 11.3 Å². The molecule has 1 aliphatic rings. The fourth-order valence-electron chi connectivity index (χ4n) is 2.36. The molecule has 0 unspecified atom stereocenters. The minimum Gasteiger partial charge on any atom is -0.296 e. The standard InChI is InChI=1S/C11H12N4O2S/c1-5-7-10(18-8(5)9(16)14-12)13-6-3-2-4-15(6)11(7)17/h2-4,12H2,1H3,(H,14,16). The maximum Gasteiger partial charge on any atom is 0.275 e. The largest absolute Gasteiger partial charge is 0.296 e. The molecule has 0 saturated heterocycles. The normalized spacial score (nSPS) is 13.9. The van der Waals surface area contributed by atoms with E-state index in [1.165, 1.54) is 11.3 Å². The Morgan fingerprint density at radius 1 is 1.56 bits per heavy atom. The highest BCUT2D eigenvalue weighted by Crippen LogP contribution is 2.28. The van der Waals surface area contributed by atoms with Gasteiger partial charge in [-0.1, -0.05) is 0 Å². The first-order valence-electron chi connectivity index (χ1n) is 5.67. The second-order valence-electron chi connectivity index (χ2n) is 4.30. The summed E-state index contributed by atoms with van der Waals surface area (Å²) in [5.41, 5.74) is 2.71. The topological polar surface area (TPSA) is 90.0 Å². The summed E-state index contributed by atoms with van der Waals surface area (Å²) in [6, 6.07) is 0. The first-order valence-corrected chi connectivity index (χ1v) is 6.49. The molecule has 3 N–H and O–H groups in total. The van der Waals surface area contributed by atoms with Crippen LogP contribution in [0, 0.1) is 6.92 Å². The summed E-state index contributed by atoms with van der Waals surface area (Å²) in [5.74, 6) is 5.57. The van der Waals surface area contributed by atoms with Crippen LogP contribution in [0.15, 0.2) is 4.79 Å². The number of carbonyl (C=O) groups is 1. The predicted octanol–water partition coefficient (Wildman–Crippen LogP) is 0.316. The fourth-order valence-corrected chi connectivity index (χ4v) is 3.45. The highest BCUT2D eigenvalue weighted by atomic mass is 32.1. The van der Waals surface area contributed by atoms with Gasteiger partial charge >= 0.3 is 0 Å². The molecule has 0 aromatic carbocycles. The summed E-state index contributed by atoms with van der Waals surface area (Å²) < 4.78 is 1.70. The number of nitrogens with two attached hydrogens (primary N) is 1. The minimum absolute atomic E-state index is 0.0441. The molecular weight excluding hydrogens is 252 g/mol. The monoisotopic (exact) mass is 264 g/mol. The van der Waals surface area contributed by atoms with Gasteiger partial charge in [0.1, 0.15) is 10.7 Å². The second-order valence-corrected chi connectivity index (χ2v) is 5.30. The van der Waals surface area contributed by atoms with Gasteiger partial charge in [0.25, 0.3) is 11.5 Å². The van der Waals surface area contributed by atoms with Crippen molar-refractivity contribution in [3.63, 3.8) is 0 Å². The molecule has 0 atom stereocenters. The van der Waals surface area contributed by atoms with Crippen molar-refractivity contribution in [2.75, 3.05) is 0 Å². The van der Waals surface area contributed by atoms with Crippen LogP contribution in [0.5, 0.6) is 0 Å². The zero-order valence-corrected chi connectivity index (χ0v) is 10.6. The molecule has 0 bridgehead atoms. The van der Waals surface area contributed by atoms with E-state index in [1.807, 2.05) is 0 Å². The molecule has 18 heavy (non-hydrogen) atoms. The first-order chi connectivity index (χ1) is 8.63. The lowest BCUT2D eigenvalue weighted by Gasteiger charge is -2.01. The average molecular weight is 264 g/mol. The van der Waals surface area contributed by atoms with Gasteiger partial charge in [-0.3, -0.25) is 19.6 Å². The van der Waals surface area contributed by atoms with Crippen LogP contribution in [0.4, 0.5) is 0 Å². The predicted molar refractivity (Wildman–Crippen MR) is 68.6 cm³/mol. The fraction of sp³-hybridized carbons (Fsp3) is 0.364. The van der Waals surface area contributed by atoms with E-state index < -0.39 is 0 Å². The van der Waals surface area contributed by atoms with Crippen LogP contribution < -0.4 is 16.8 Å². The number of aromatic nitrogens is 2. The van der Waals surface area contributed by atoms with Crippen molar-refractivity contribution in [2.45, 2.75) is 26.3 Å². The van der Waals surface area contributed by atoms with Crippen LogP contribution in [-0.4, -0.2) is 15.5 Å². The van der Waals surface area contributed by atoms with Crippen molar-refractivity contribution in [2.24, 2.45) is 5.84 Å².